The van der Waals surface area contributed by atoms with Crippen LogP contribution in [0.15, 0.2) is 73.1 Å². The molecule has 4 heteroatoms. The van der Waals surface area contributed by atoms with Gasteiger partial charge in [-0.25, -0.2) is 9.37 Å². The van der Waals surface area contributed by atoms with Gasteiger partial charge in [0.2, 0.25) is 0 Å². The normalized spacial score (nSPS) is 12.2. The van der Waals surface area contributed by atoms with Gasteiger partial charge in [0, 0.05) is 17.9 Å². The molecule has 0 aliphatic heterocycles. The summed E-state index contributed by atoms with van der Waals surface area (Å²) in [5.41, 5.74) is 4.05. The number of pyridine rings is 1. The summed E-state index contributed by atoms with van der Waals surface area (Å²) in [5, 5.41) is 4.60. The van der Waals surface area contributed by atoms with Crippen LogP contribution in [0.2, 0.25) is 0 Å². The van der Waals surface area contributed by atoms with Gasteiger partial charge in [0.05, 0.1) is 6.04 Å². The molecule has 25 heavy (non-hydrogen) atoms. The molecule has 0 radical (unpaired) electrons. The standard InChI is InChI=1S/C21H18FN3/c1-14-4-3-10-24-21(14)25-20(16-5-2-6-18(22)13-16)17-7-8-19-15(12-17)9-11-23-19/h2-13,20,23H,1H3,(H,24,25). The number of anilines is 1. The van der Waals surface area contributed by atoms with Gasteiger partial charge in [-0.2, -0.15) is 0 Å². The molecular formula is C21H18FN3. The highest BCUT2D eigenvalue weighted by Gasteiger charge is 2.17. The third-order valence-electron chi connectivity index (χ3n) is 4.38. The Morgan fingerprint density at radius 1 is 1.00 bits per heavy atom. The van der Waals surface area contributed by atoms with Crippen molar-refractivity contribution in [2.24, 2.45) is 0 Å². The fourth-order valence-electron chi connectivity index (χ4n) is 3.07. The van der Waals surface area contributed by atoms with Gasteiger partial charge in [0.1, 0.15) is 11.6 Å². The summed E-state index contributed by atoms with van der Waals surface area (Å²) >= 11 is 0. The lowest BCUT2D eigenvalue weighted by Gasteiger charge is -2.21. The highest BCUT2D eigenvalue weighted by molar-refractivity contribution is 5.80. The van der Waals surface area contributed by atoms with Crippen LogP contribution in [0.25, 0.3) is 10.9 Å². The number of fused-ring (bicyclic) bond motifs is 1. The number of H-pyrrole nitrogens is 1. The summed E-state index contributed by atoms with van der Waals surface area (Å²) in [5.74, 6) is 0.552. The number of hydrogen-bond donors (Lipinski definition) is 2. The molecule has 0 saturated heterocycles. The van der Waals surface area contributed by atoms with Gasteiger partial charge in [0.25, 0.3) is 0 Å². The van der Waals surface area contributed by atoms with Gasteiger partial charge in [-0.05, 0) is 65.4 Å². The molecule has 0 aliphatic rings. The number of hydrogen-bond acceptors (Lipinski definition) is 2. The molecule has 0 aliphatic carbocycles. The van der Waals surface area contributed by atoms with Crippen LogP contribution < -0.4 is 5.32 Å². The van der Waals surface area contributed by atoms with Crippen LogP contribution >= 0.6 is 0 Å². The summed E-state index contributed by atoms with van der Waals surface area (Å²) in [4.78, 5) is 7.63. The average molecular weight is 331 g/mol. The average Bonchev–Trinajstić information content (AvgIpc) is 3.09. The smallest absolute Gasteiger partial charge is 0.129 e. The number of rotatable bonds is 4. The van der Waals surface area contributed by atoms with Crippen molar-refractivity contribution in [2.75, 3.05) is 5.32 Å². The first kappa shape index (κ1) is 15.4. The van der Waals surface area contributed by atoms with Crippen LogP contribution in [0.3, 0.4) is 0 Å². The van der Waals surface area contributed by atoms with Crippen LogP contribution in [-0.4, -0.2) is 9.97 Å². The Balaban J connectivity index is 1.81. The maximum absolute atomic E-state index is 13.8. The number of aryl methyl sites for hydroxylation is 1. The maximum atomic E-state index is 13.8. The first-order valence-electron chi connectivity index (χ1n) is 8.21. The van der Waals surface area contributed by atoms with Gasteiger partial charge in [-0.1, -0.05) is 24.3 Å². The molecule has 2 N–H and O–H groups in total. The number of aromatic nitrogens is 2. The zero-order valence-electron chi connectivity index (χ0n) is 13.8. The fraction of sp³-hybridized carbons (Fsp3) is 0.0952. The van der Waals surface area contributed by atoms with Crippen molar-refractivity contribution in [2.45, 2.75) is 13.0 Å². The Bertz CT molecular complexity index is 1020. The van der Waals surface area contributed by atoms with Crippen LogP contribution in [0.5, 0.6) is 0 Å². The van der Waals surface area contributed by atoms with Crippen molar-refractivity contribution in [1.29, 1.82) is 0 Å². The van der Waals surface area contributed by atoms with E-state index in [1.807, 2.05) is 43.5 Å². The van der Waals surface area contributed by atoms with Crippen LogP contribution in [0.4, 0.5) is 10.2 Å². The molecule has 4 aromatic rings. The van der Waals surface area contributed by atoms with E-state index in [1.54, 1.807) is 18.3 Å². The van der Waals surface area contributed by atoms with Gasteiger partial charge < -0.3 is 10.3 Å². The zero-order valence-corrected chi connectivity index (χ0v) is 13.8. The molecule has 2 aromatic carbocycles. The zero-order chi connectivity index (χ0) is 17.2. The summed E-state index contributed by atoms with van der Waals surface area (Å²) in [7, 11) is 0. The second-order valence-electron chi connectivity index (χ2n) is 6.13. The van der Waals surface area contributed by atoms with Gasteiger partial charge in [-0.15, -0.1) is 0 Å². The van der Waals surface area contributed by atoms with Crippen LogP contribution in [0.1, 0.15) is 22.7 Å². The quantitative estimate of drug-likeness (QED) is 0.539. The van der Waals surface area contributed by atoms with E-state index < -0.39 is 0 Å². The Kier molecular flexibility index (Phi) is 3.94. The lowest BCUT2D eigenvalue weighted by molar-refractivity contribution is 0.624. The molecule has 0 spiro atoms. The molecule has 2 heterocycles. The summed E-state index contributed by atoms with van der Waals surface area (Å²) < 4.78 is 13.8. The van der Waals surface area contributed by atoms with Crippen LogP contribution in [0, 0.1) is 12.7 Å². The molecule has 1 unspecified atom stereocenters. The van der Waals surface area contributed by atoms with E-state index in [1.165, 1.54) is 6.07 Å². The Morgan fingerprint density at radius 3 is 2.72 bits per heavy atom. The molecule has 3 nitrogen and oxygen atoms in total. The predicted molar refractivity (Wildman–Crippen MR) is 99.1 cm³/mol. The monoisotopic (exact) mass is 331 g/mol. The van der Waals surface area contributed by atoms with Crippen molar-refractivity contribution in [3.8, 4) is 0 Å². The molecule has 0 amide bonds. The number of aromatic amines is 1. The molecule has 0 bridgehead atoms. The van der Waals surface area contributed by atoms with Crippen molar-refractivity contribution in [3.63, 3.8) is 0 Å². The second kappa shape index (κ2) is 6.40. The van der Waals surface area contributed by atoms with Crippen molar-refractivity contribution in [3.05, 3.63) is 95.6 Å². The minimum atomic E-state index is -0.246. The summed E-state index contributed by atoms with van der Waals surface area (Å²) in [6, 6.07) is 18.7. The third kappa shape index (κ3) is 3.11. The lowest BCUT2D eigenvalue weighted by Crippen LogP contribution is -2.14. The maximum Gasteiger partial charge on any atom is 0.129 e. The van der Waals surface area contributed by atoms with E-state index in [4.69, 9.17) is 0 Å². The highest BCUT2D eigenvalue weighted by Crippen LogP contribution is 2.29. The van der Waals surface area contributed by atoms with Gasteiger partial charge in [-0.3, -0.25) is 0 Å². The summed E-state index contributed by atoms with van der Waals surface area (Å²) in [6.45, 7) is 2.01. The van der Waals surface area contributed by atoms with Gasteiger partial charge in [0.15, 0.2) is 0 Å². The largest absolute Gasteiger partial charge is 0.361 e. The molecule has 2 aromatic heterocycles. The van der Waals surface area contributed by atoms with E-state index in [2.05, 4.69) is 27.4 Å². The molecular weight excluding hydrogens is 313 g/mol. The minimum Gasteiger partial charge on any atom is -0.361 e. The number of nitrogens with one attached hydrogen (secondary N) is 2. The van der Waals surface area contributed by atoms with E-state index in [0.717, 1.165) is 33.4 Å². The molecule has 4 rings (SSSR count). The van der Waals surface area contributed by atoms with E-state index in [0.29, 0.717) is 0 Å². The third-order valence-corrected chi connectivity index (χ3v) is 4.38. The number of benzene rings is 2. The Morgan fingerprint density at radius 2 is 1.88 bits per heavy atom. The topological polar surface area (TPSA) is 40.7 Å². The highest BCUT2D eigenvalue weighted by atomic mass is 19.1. The van der Waals surface area contributed by atoms with Gasteiger partial charge >= 0.3 is 0 Å². The molecule has 0 fully saturated rings. The Labute approximate surface area is 145 Å². The first-order chi connectivity index (χ1) is 12.2. The molecule has 1 atom stereocenters. The first-order valence-corrected chi connectivity index (χ1v) is 8.21. The lowest BCUT2D eigenvalue weighted by atomic mass is 9.97. The van der Waals surface area contributed by atoms with Crippen molar-refractivity contribution in [1.82, 2.24) is 9.97 Å². The van der Waals surface area contributed by atoms with E-state index in [9.17, 15) is 4.39 Å². The SMILES string of the molecule is Cc1cccnc1NC(c1cccc(F)c1)c1ccc2[nH]ccc2c1. The van der Waals surface area contributed by atoms with Crippen molar-refractivity contribution < 1.29 is 4.39 Å². The predicted octanol–water partition coefficient (Wildman–Crippen LogP) is 5.21. The summed E-state index contributed by atoms with van der Waals surface area (Å²) in [6.07, 6.45) is 3.68. The second-order valence-corrected chi connectivity index (χ2v) is 6.13. The Hall–Kier alpha value is -3.14. The number of nitrogens with zero attached hydrogens (tertiary/aromatic N) is 1. The molecule has 0 saturated carbocycles. The minimum absolute atomic E-state index is 0.191. The van der Waals surface area contributed by atoms with E-state index in [-0.39, 0.29) is 11.9 Å². The number of halogens is 1. The van der Waals surface area contributed by atoms with E-state index >= 15 is 0 Å². The molecule has 124 valence electrons. The van der Waals surface area contributed by atoms with Crippen molar-refractivity contribution >= 4 is 16.7 Å². The van der Waals surface area contributed by atoms with Crippen LogP contribution in [-0.2, 0) is 0 Å². The fourth-order valence-corrected chi connectivity index (χ4v) is 3.07.